The van der Waals surface area contributed by atoms with E-state index in [0.717, 1.165) is 24.6 Å². The zero-order chi connectivity index (χ0) is 36.0. The van der Waals surface area contributed by atoms with Gasteiger partial charge in [0.25, 0.3) is 5.91 Å². The number of halogens is 4. The van der Waals surface area contributed by atoms with Crippen molar-refractivity contribution in [2.45, 2.75) is 77.6 Å². The molecule has 0 bridgehead atoms. The smallest absolute Gasteiger partial charge is 0.407 e. The van der Waals surface area contributed by atoms with Crippen LogP contribution in [0.4, 0.5) is 18.0 Å². The third-order valence-electron chi connectivity index (χ3n) is 9.08. The zero-order valence-corrected chi connectivity index (χ0v) is 28.9. The van der Waals surface area contributed by atoms with E-state index < -0.39 is 47.3 Å². The van der Waals surface area contributed by atoms with Gasteiger partial charge in [0.2, 0.25) is 0 Å². The molecule has 2 aromatic heterocycles. The van der Waals surface area contributed by atoms with Gasteiger partial charge in [0.05, 0.1) is 17.9 Å². The van der Waals surface area contributed by atoms with Crippen molar-refractivity contribution in [3.05, 3.63) is 88.6 Å². The lowest BCUT2D eigenvalue weighted by Crippen LogP contribution is -2.52. The number of rotatable bonds is 10. The van der Waals surface area contributed by atoms with Gasteiger partial charge < -0.3 is 15.8 Å². The molecule has 50 heavy (non-hydrogen) atoms. The maximum atomic E-state index is 16.3. The number of alkyl halides is 2. The quantitative estimate of drug-likeness (QED) is 0.224. The molecule has 3 aromatic rings. The Labute approximate surface area is 293 Å². The van der Waals surface area contributed by atoms with Gasteiger partial charge in [-0.2, -0.15) is 13.9 Å². The number of allylic oxidation sites excluding steroid dienone is 3. The summed E-state index contributed by atoms with van der Waals surface area (Å²) in [6, 6.07) is 7.98. The number of carbonyl (C=O) groups excluding carboxylic acids is 2. The monoisotopic (exact) mass is 709 g/mol. The van der Waals surface area contributed by atoms with Crippen molar-refractivity contribution in [3.8, 4) is 11.3 Å². The van der Waals surface area contributed by atoms with E-state index in [-0.39, 0.29) is 31.4 Å². The van der Waals surface area contributed by atoms with Crippen molar-refractivity contribution in [1.82, 2.24) is 25.0 Å². The molecule has 10 nitrogen and oxygen atoms in total. The van der Waals surface area contributed by atoms with Crippen LogP contribution < -0.4 is 11.1 Å². The highest BCUT2D eigenvalue weighted by Crippen LogP contribution is 2.49. The predicted octanol–water partition coefficient (Wildman–Crippen LogP) is 7.52. The van der Waals surface area contributed by atoms with Gasteiger partial charge in [-0.3, -0.25) is 14.7 Å². The summed E-state index contributed by atoms with van der Waals surface area (Å²) in [5.74, 6) is -2.40. The summed E-state index contributed by atoms with van der Waals surface area (Å²) in [5, 5.41) is 6.88. The van der Waals surface area contributed by atoms with E-state index in [1.165, 1.54) is 17.2 Å². The number of hydrogen-bond donors (Lipinski definition) is 2. The average Bonchev–Trinajstić information content (AvgIpc) is 3.64. The van der Waals surface area contributed by atoms with E-state index in [1.54, 1.807) is 30.5 Å². The number of aromatic nitrogens is 3. The van der Waals surface area contributed by atoms with Crippen LogP contribution in [0.5, 0.6) is 0 Å². The molecule has 3 heterocycles. The highest BCUT2D eigenvalue weighted by Gasteiger charge is 2.57. The molecular formula is C36H39ClF3N7O3. The van der Waals surface area contributed by atoms with Crippen LogP contribution in [0.2, 0.25) is 5.02 Å². The standard InChI is InChI=1S/C36H39ClF3N7O3/c1-20-6-5-13-42-30(20)25-14-22(8-12-27(25)37)29(18-50-34(49)44-24-9-10-24)47-31(48)36(45-33(47)41,19-35(2,3)4)26-11-7-21(15-28(26)38)23-16-43-46(17-23)32(39)40/h5-8,12-17,24,26,29,32H,9-11,18-19H2,1-4H3,(H2,41,45)(H,44,49)/t26?,29-,36-/m1/s1. The molecule has 14 heteroatoms. The molecule has 3 N–H and O–H groups in total. The summed E-state index contributed by atoms with van der Waals surface area (Å²) in [4.78, 5) is 38.2. The van der Waals surface area contributed by atoms with Crippen LogP contribution in [0.3, 0.4) is 0 Å². The van der Waals surface area contributed by atoms with Gasteiger partial charge in [0, 0.05) is 40.5 Å². The summed E-state index contributed by atoms with van der Waals surface area (Å²) < 4.78 is 48.9. The summed E-state index contributed by atoms with van der Waals surface area (Å²) in [6.07, 6.45) is 8.20. The first kappa shape index (κ1) is 35.2. The number of amides is 2. The highest BCUT2D eigenvalue weighted by atomic mass is 35.5. The fourth-order valence-electron chi connectivity index (χ4n) is 6.69. The molecule has 1 fully saturated rings. The number of alkyl carbamates (subject to hydrolysis) is 1. The molecule has 1 saturated carbocycles. The Morgan fingerprint density at radius 2 is 2.00 bits per heavy atom. The highest BCUT2D eigenvalue weighted by molar-refractivity contribution is 6.33. The van der Waals surface area contributed by atoms with Crippen molar-refractivity contribution in [2.24, 2.45) is 22.1 Å². The molecule has 0 saturated heterocycles. The molecule has 264 valence electrons. The van der Waals surface area contributed by atoms with Crippen LogP contribution >= 0.6 is 11.6 Å². The van der Waals surface area contributed by atoms with Gasteiger partial charge in [-0.05, 0) is 79.0 Å². The molecule has 1 aromatic carbocycles. The van der Waals surface area contributed by atoms with Gasteiger partial charge in [-0.25, -0.2) is 18.9 Å². The number of aliphatic imine (C=N–C) groups is 1. The van der Waals surface area contributed by atoms with Gasteiger partial charge in [-0.15, -0.1) is 0 Å². The third kappa shape index (κ3) is 7.14. The second-order valence-electron chi connectivity index (χ2n) is 14.2. The topological polar surface area (TPSA) is 128 Å². The molecule has 3 aliphatic rings. The molecule has 1 unspecified atom stereocenters. The number of nitrogens with one attached hydrogen (secondary N) is 1. The number of guanidine groups is 1. The second-order valence-corrected chi connectivity index (χ2v) is 14.6. The summed E-state index contributed by atoms with van der Waals surface area (Å²) in [7, 11) is 0. The van der Waals surface area contributed by atoms with Crippen LogP contribution in [0.15, 0.2) is 71.9 Å². The summed E-state index contributed by atoms with van der Waals surface area (Å²) in [6.45, 7) is 4.54. The van der Waals surface area contributed by atoms with E-state index in [9.17, 15) is 18.4 Å². The molecule has 6 rings (SSSR count). The number of aryl methyl sites for hydroxylation is 1. The minimum absolute atomic E-state index is 0.0402. The van der Waals surface area contributed by atoms with Crippen molar-refractivity contribution >= 4 is 35.1 Å². The van der Waals surface area contributed by atoms with Gasteiger partial charge in [-0.1, -0.05) is 50.6 Å². The van der Waals surface area contributed by atoms with Gasteiger partial charge >= 0.3 is 12.6 Å². The first-order chi connectivity index (χ1) is 23.7. The largest absolute Gasteiger partial charge is 0.447 e. The van der Waals surface area contributed by atoms with Crippen molar-refractivity contribution in [3.63, 3.8) is 0 Å². The number of carbonyl (C=O) groups is 2. The number of hydrogen-bond acceptors (Lipinski definition) is 7. The number of ether oxygens (including phenoxy) is 1. The fourth-order valence-corrected chi connectivity index (χ4v) is 6.89. The average molecular weight is 710 g/mol. The van der Waals surface area contributed by atoms with Gasteiger partial charge in [0.15, 0.2) is 11.5 Å². The van der Waals surface area contributed by atoms with Crippen molar-refractivity contribution in [2.75, 3.05) is 6.61 Å². The van der Waals surface area contributed by atoms with Crippen molar-refractivity contribution in [1.29, 1.82) is 0 Å². The Morgan fingerprint density at radius 1 is 1.24 bits per heavy atom. The Kier molecular flexibility index (Phi) is 9.55. The normalized spacial score (nSPS) is 21.5. The SMILES string of the molecule is Cc1cccnc1-c1cc([C@@H](COC(=O)NC2CC2)N2C(=O)[C@@](CC(C)(C)C)(C3CC=C(c4cnn(C(F)F)c4)C=C3F)N=C2N)ccc1Cl. The minimum Gasteiger partial charge on any atom is -0.447 e. The van der Waals surface area contributed by atoms with E-state index in [0.29, 0.717) is 37.7 Å². The lowest BCUT2D eigenvalue weighted by atomic mass is 9.69. The summed E-state index contributed by atoms with van der Waals surface area (Å²) >= 11 is 6.66. The van der Waals surface area contributed by atoms with Crippen LogP contribution in [0, 0.1) is 18.3 Å². The third-order valence-corrected chi connectivity index (χ3v) is 9.41. The van der Waals surface area contributed by atoms with Crippen LogP contribution in [-0.4, -0.2) is 55.8 Å². The number of nitrogens with zero attached hydrogens (tertiary/aromatic N) is 5. The number of benzene rings is 1. The first-order valence-corrected chi connectivity index (χ1v) is 16.8. The molecule has 1 aliphatic heterocycles. The molecule has 2 aliphatic carbocycles. The van der Waals surface area contributed by atoms with E-state index in [1.807, 2.05) is 39.8 Å². The Morgan fingerprint density at radius 3 is 2.64 bits per heavy atom. The predicted molar refractivity (Wildman–Crippen MR) is 184 cm³/mol. The minimum atomic E-state index is -2.84. The van der Waals surface area contributed by atoms with Crippen LogP contribution in [0.1, 0.15) is 75.7 Å². The van der Waals surface area contributed by atoms with Crippen molar-refractivity contribution < 1.29 is 27.5 Å². The maximum Gasteiger partial charge on any atom is 0.407 e. The maximum absolute atomic E-state index is 16.3. The van der Waals surface area contributed by atoms with Crippen LogP contribution in [0.25, 0.3) is 16.8 Å². The van der Waals surface area contributed by atoms with Gasteiger partial charge in [0.1, 0.15) is 12.4 Å². The lowest BCUT2D eigenvalue weighted by Gasteiger charge is -2.39. The molecular weight excluding hydrogens is 671 g/mol. The summed E-state index contributed by atoms with van der Waals surface area (Å²) in [5.41, 5.74) is 7.78. The second kappa shape index (κ2) is 13.6. The molecule has 2 amide bonds. The lowest BCUT2D eigenvalue weighted by molar-refractivity contribution is -0.136. The van der Waals surface area contributed by atoms with E-state index in [2.05, 4.69) is 15.4 Å². The Hall–Kier alpha value is -4.65. The first-order valence-electron chi connectivity index (χ1n) is 16.4. The fraction of sp³-hybridized carbons (Fsp3) is 0.417. The number of nitrogens with two attached hydrogens (primary N) is 1. The zero-order valence-electron chi connectivity index (χ0n) is 28.2. The van der Waals surface area contributed by atoms with E-state index in [4.69, 9.17) is 27.1 Å². The van der Waals surface area contributed by atoms with Crippen LogP contribution in [-0.2, 0) is 9.53 Å². The Balaban J connectivity index is 1.38. The van der Waals surface area contributed by atoms with E-state index >= 15 is 4.39 Å². The molecule has 0 spiro atoms. The molecule has 0 radical (unpaired) electrons. The molecule has 3 atom stereocenters. The number of pyridine rings is 1. The Bertz CT molecular complexity index is 1900.